The van der Waals surface area contributed by atoms with E-state index in [-0.39, 0.29) is 51.0 Å². The van der Waals surface area contributed by atoms with E-state index in [0.29, 0.717) is 12.8 Å². The van der Waals surface area contributed by atoms with E-state index in [1.165, 1.54) is 18.7 Å². The third kappa shape index (κ3) is 10.6. The highest BCUT2D eigenvalue weighted by atomic mass is 16.5. The predicted molar refractivity (Wildman–Crippen MR) is 110 cm³/mol. The standard InChI is InChI=1S/C21H30N2O8/c1-15(21(29)31-18-7-5-17(6-8-18)14-30-16(2)26)22-19(27)13-23(10-3-4-11-24)20(28)9-12-25/h5-8,15,24-25H,3-4,9-14H2,1-2H3,(H,22,27). The van der Waals surface area contributed by atoms with Crippen LogP contribution in [0.2, 0.25) is 0 Å². The summed E-state index contributed by atoms with van der Waals surface area (Å²) < 4.78 is 10.1. The van der Waals surface area contributed by atoms with Gasteiger partial charge in [-0.3, -0.25) is 14.4 Å². The van der Waals surface area contributed by atoms with Gasteiger partial charge < -0.3 is 29.9 Å². The van der Waals surface area contributed by atoms with Gasteiger partial charge in [0.15, 0.2) is 0 Å². The zero-order valence-electron chi connectivity index (χ0n) is 17.8. The van der Waals surface area contributed by atoms with E-state index in [0.717, 1.165) is 5.56 Å². The van der Waals surface area contributed by atoms with Gasteiger partial charge in [0.2, 0.25) is 11.8 Å². The smallest absolute Gasteiger partial charge is 0.333 e. The summed E-state index contributed by atoms with van der Waals surface area (Å²) in [7, 11) is 0. The molecule has 0 fully saturated rings. The molecular formula is C21H30N2O8. The number of ether oxygens (including phenoxy) is 2. The SMILES string of the molecule is CC(=O)OCc1ccc(OC(=O)C(C)NC(=O)CN(CCCCO)C(=O)CCO)cc1. The minimum absolute atomic E-state index is 0.0260. The van der Waals surface area contributed by atoms with Gasteiger partial charge in [-0.05, 0) is 37.5 Å². The van der Waals surface area contributed by atoms with Gasteiger partial charge >= 0.3 is 11.9 Å². The van der Waals surface area contributed by atoms with Gasteiger partial charge in [0.05, 0.1) is 13.2 Å². The first-order valence-corrected chi connectivity index (χ1v) is 9.99. The molecule has 1 aromatic rings. The Morgan fingerprint density at radius 1 is 1.06 bits per heavy atom. The molecule has 0 saturated carbocycles. The summed E-state index contributed by atoms with van der Waals surface area (Å²) in [6.45, 7) is 2.50. The van der Waals surface area contributed by atoms with Crippen LogP contribution in [0, 0.1) is 0 Å². The number of amides is 2. The van der Waals surface area contributed by atoms with Crippen LogP contribution in [0.1, 0.15) is 38.7 Å². The van der Waals surface area contributed by atoms with Crippen LogP contribution >= 0.6 is 0 Å². The van der Waals surface area contributed by atoms with Crippen LogP contribution < -0.4 is 10.1 Å². The topological polar surface area (TPSA) is 142 Å². The molecule has 0 bridgehead atoms. The van der Waals surface area contributed by atoms with Gasteiger partial charge in [-0.25, -0.2) is 4.79 Å². The van der Waals surface area contributed by atoms with Crippen LogP contribution in [0.15, 0.2) is 24.3 Å². The van der Waals surface area contributed by atoms with Crippen LogP contribution in [0.25, 0.3) is 0 Å². The Balaban J connectivity index is 2.56. The molecule has 172 valence electrons. The fraction of sp³-hybridized carbons (Fsp3) is 0.524. The number of nitrogens with one attached hydrogen (secondary N) is 1. The molecule has 0 aliphatic carbocycles. The number of aliphatic hydroxyl groups excluding tert-OH is 2. The van der Waals surface area contributed by atoms with Gasteiger partial charge in [0, 0.05) is 26.5 Å². The lowest BCUT2D eigenvalue weighted by atomic mass is 10.2. The number of esters is 2. The Morgan fingerprint density at radius 3 is 2.32 bits per heavy atom. The maximum Gasteiger partial charge on any atom is 0.333 e. The summed E-state index contributed by atoms with van der Waals surface area (Å²) in [5.41, 5.74) is 0.727. The molecule has 0 heterocycles. The van der Waals surface area contributed by atoms with E-state index in [1.807, 2.05) is 0 Å². The number of carbonyl (C=O) groups is 4. The lowest BCUT2D eigenvalue weighted by molar-refractivity contribution is -0.142. The quantitative estimate of drug-likeness (QED) is 0.224. The lowest BCUT2D eigenvalue weighted by Gasteiger charge is -2.23. The monoisotopic (exact) mass is 438 g/mol. The molecule has 0 saturated heterocycles. The number of aliphatic hydroxyl groups is 2. The van der Waals surface area contributed by atoms with Crippen molar-refractivity contribution in [3.63, 3.8) is 0 Å². The van der Waals surface area contributed by atoms with E-state index in [1.54, 1.807) is 24.3 Å². The molecular weight excluding hydrogens is 408 g/mol. The van der Waals surface area contributed by atoms with E-state index in [9.17, 15) is 19.2 Å². The van der Waals surface area contributed by atoms with E-state index in [2.05, 4.69) is 5.32 Å². The van der Waals surface area contributed by atoms with Crippen LogP contribution in [0.3, 0.4) is 0 Å². The van der Waals surface area contributed by atoms with Crippen molar-refractivity contribution in [3.05, 3.63) is 29.8 Å². The molecule has 31 heavy (non-hydrogen) atoms. The van der Waals surface area contributed by atoms with Crippen molar-refractivity contribution in [2.75, 3.05) is 26.3 Å². The largest absolute Gasteiger partial charge is 0.461 e. The molecule has 0 aliphatic rings. The molecule has 10 nitrogen and oxygen atoms in total. The Morgan fingerprint density at radius 2 is 1.74 bits per heavy atom. The van der Waals surface area contributed by atoms with Gasteiger partial charge in [-0.2, -0.15) is 0 Å². The van der Waals surface area contributed by atoms with Crippen molar-refractivity contribution in [1.29, 1.82) is 0 Å². The van der Waals surface area contributed by atoms with Crippen molar-refractivity contribution in [2.45, 2.75) is 45.8 Å². The molecule has 1 aromatic carbocycles. The van der Waals surface area contributed by atoms with Gasteiger partial charge in [0.25, 0.3) is 0 Å². The first-order chi connectivity index (χ1) is 14.8. The van der Waals surface area contributed by atoms with Gasteiger partial charge in [-0.1, -0.05) is 12.1 Å². The normalized spacial score (nSPS) is 11.4. The number of rotatable bonds is 13. The van der Waals surface area contributed by atoms with Crippen molar-refractivity contribution in [1.82, 2.24) is 10.2 Å². The van der Waals surface area contributed by atoms with Crippen LogP contribution in [-0.2, 0) is 30.5 Å². The first kappa shape index (κ1) is 26.1. The third-order valence-corrected chi connectivity index (χ3v) is 4.16. The second-order valence-corrected chi connectivity index (χ2v) is 6.85. The second kappa shape index (κ2) is 14.1. The molecule has 1 atom stereocenters. The summed E-state index contributed by atoms with van der Waals surface area (Å²) in [6.07, 6.45) is 0.871. The number of hydrogen-bond donors (Lipinski definition) is 3. The minimum Gasteiger partial charge on any atom is -0.461 e. The summed E-state index contributed by atoms with van der Waals surface area (Å²) in [5, 5.41) is 20.3. The maximum atomic E-state index is 12.3. The highest BCUT2D eigenvalue weighted by Gasteiger charge is 2.21. The zero-order valence-corrected chi connectivity index (χ0v) is 17.8. The van der Waals surface area contributed by atoms with E-state index in [4.69, 9.17) is 19.7 Å². The molecule has 2 amide bonds. The fourth-order valence-electron chi connectivity index (χ4n) is 2.52. The van der Waals surface area contributed by atoms with Crippen LogP contribution in [-0.4, -0.2) is 71.2 Å². The molecule has 1 unspecified atom stereocenters. The van der Waals surface area contributed by atoms with Crippen molar-refractivity contribution in [3.8, 4) is 5.75 Å². The Bertz CT molecular complexity index is 735. The number of nitrogens with zero attached hydrogens (tertiary/aromatic N) is 1. The Hall–Kier alpha value is -2.98. The molecule has 0 spiro atoms. The van der Waals surface area contributed by atoms with Gasteiger partial charge in [0.1, 0.15) is 18.4 Å². The average Bonchev–Trinajstić information content (AvgIpc) is 2.72. The maximum absolute atomic E-state index is 12.3. The highest BCUT2D eigenvalue weighted by Crippen LogP contribution is 2.14. The summed E-state index contributed by atoms with van der Waals surface area (Å²) in [6, 6.07) is 5.42. The number of benzene rings is 1. The van der Waals surface area contributed by atoms with Crippen molar-refractivity contribution in [2.24, 2.45) is 0 Å². The number of unbranched alkanes of at least 4 members (excludes halogenated alkanes) is 1. The lowest BCUT2D eigenvalue weighted by Crippen LogP contribution is -2.47. The second-order valence-electron chi connectivity index (χ2n) is 6.85. The number of carbonyl (C=O) groups excluding carboxylic acids is 4. The van der Waals surface area contributed by atoms with Crippen molar-refractivity contribution < 1.29 is 38.9 Å². The Labute approximate surface area is 181 Å². The molecule has 3 N–H and O–H groups in total. The minimum atomic E-state index is -0.958. The molecule has 0 aromatic heterocycles. The van der Waals surface area contributed by atoms with Gasteiger partial charge in [-0.15, -0.1) is 0 Å². The van der Waals surface area contributed by atoms with Crippen LogP contribution in [0.5, 0.6) is 5.75 Å². The van der Waals surface area contributed by atoms with E-state index >= 15 is 0 Å². The van der Waals surface area contributed by atoms with Crippen LogP contribution in [0.4, 0.5) is 0 Å². The first-order valence-electron chi connectivity index (χ1n) is 9.99. The van der Waals surface area contributed by atoms with E-state index < -0.39 is 23.9 Å². The summed E-state index contributed by atoms with van der Waals surface area (Å²) >= 11 is 0. The summed E-state index contributed by atoms with van der Waals surface area (Å²) in [5.74, 6) is -1.75. The third-order valence-electron chi connectivity index (χ3n) is 4.16. The zero-order chi connectivity index (χ0) is 23.2. The fourth-order valence-corrected chi connectivity index (χ4v) is 2.52. The Kier molecular flexibility index (Phi) is 11.9. The molecule has 0 radical (unpaired) electrons. The molecule has 1 rings (SSSR count). The highest BCUT2D eigenvalue weighted by molar-refractivity contribution is 5.88. The molecule has 0 aliphatic heterocycles. The molecule has 10 heteroatoms. The summed E-state index contributed by atoms with van der Waals surface area (Å²) in [4.78, 5) is 48.7. The average molecular weight is 438 g/mol. The predicted octanol–water partition coefficient (Wildman–Crippen LogP) is 0.143. The number of hydrogen-bond acceptors (Lipinski definition) is 8. The van der Waals surface area contributed by atoms with Crippen molar-refractivity contribution >= 4 is 23.8 Å².